The van der Waals surface area contributed by atoms with Crippen LogP contribution in [0.2, 0.25) is 5.02 Å². The summed E-state index contributed by atoms with van der Waals surface area (Å²) in [5.74, 6) is -13.3. The third kappa shape index (κ3) is 4.77. The van der Waals surface area contributed by atoms with Crippen LogP contribution in [0.25, 0.3) is 0 Å². The fourth-order valence-electron chi connectivity index (χ4n) is 2.03. The molecule has 0 saturated heterocycles. The van der Waals surface area contributed by atoms with Crippen LogP contribution in [-0.4, -0.2) is 23.3 Å². The summed E-state index contributed by atoms with van der Waals surface area (Å²) in [6, 6.07) is 3.05. The number of rotatable bonds is 6. The Balaban J connectivity index is 2.00. The molecule has 0 atom stereocenters. The highest BCUT2D eigenvalue weighted by Crippen LogP contribution is 2.25. The van der Waals surface area contributed by atoms with E-state index in [2.05, 4.69) is 4.74 Å². The van der Waals surface area contributed by atoms with Gasteiger partial charge >= 0.3 is 5.97 Å². The van der Waals surface area contributed by atoms with Gasteiger partial charge in [0.25, 0.3) is 11.6 Å². The molecule has 0 aliphatic heterocycles. The normalized spacial score (nSPS) is 10.6. The topological polar surface area (TPSA) is 98.5 Å². The van der Waals surface area contributed by atoms with Crippen LogP contribution in [0.3, 0.4) is 0 Å². The molecule has 2 aromatic carbocycles. The van der Waals surface area contributed by atoms with Gasteiger partial charge in [0.15, 0.2) is 23.3 Å². The molecule has 0 saturated carbocycles. The van der Waals surface area contributed by atoms with Crippen LogP contribution >= 0.6 is 11.6 Å². The Morgan fingerprint density at radius 2 is 1.59 bits per heavy atom. The molecule has 0 spiro atoms. The monoisotopic (exact) mass is 438 g/mol. The second-order valence-corrected chi connectivity index (χ2v) is 5.72. The Labute approximate surface area is 163 Å². The predicted molar refractivity (Wildman–Crippen MR) is 86.5 cm³/mol. The molecule has 0 aromatic heterocycles. The van der Waals surface area contributed by atoms with Gasteiger partial charge in [-0.25, -0.2) is 22.0 Å². The van der Waals surface area contributed by atoms with E-state index in [4.69, 9.17) is 11.6 Å². The summed E-state index contributed by atoms with van der Waals surface area (Å²) in [6.07, 6.45) is 0. The maximum atomic E-state index is 13.5. The molecule has 0 unspecified atom stereocenters. The van der Waals surface area contributed by atoms with Crippen molar-refractivity contribution < 1.29 is 41.2 Å². The molecule has 2 aromatic rings. The molecular formula is C16H8ClF5N2O5. The smallest absolute Gasteiger partial charge is 0.325 e. The standard InChI is InChI=1S/C16H8ClF5N2O5/c17-8-2-1-6(3-9(8)24(27)28)16(26)23-4-10(25)29-5-7-11(18)13(20)15(22)14(21)12(7)19/h1-3H,4-5H2,(H,23,26). The summed E-state index contributed by atoms with van der Waals surface area (Å²) >= 11 is 5.59. The summed E-state index contributed by atoms with van der Waals surface area (Å²) in [4.78, 5) is 33.4. The van der Waals surface area contributed by atoms with E-state index in [-0.39, 0.29) is 10.6 Å². The number of hydrogen-bond acceptors (Lipinski definition) is 5. The van der Waals surface area contributed by atoms with Crippen molar-refractivity contribution >= 4 is 29.2 Å². The summed E-state index contributed by atoms with van der Waals surface area (Å²) in [5, 5.41) is 12.6. The minimum Gasteiger partial charge on any atom is -0.459 e. The Bertz CT molecular complexity index is 989. The molecule has 0 fully saturated rings. The molecule has 2 rings (SSSR count). The lowest BCUT2D eigenvalue weighted by Gasteiger charge is -2.10. The summed E-state index contributed by atoms with van der Waals surface area (Å²) in [7, 11) is 0. The van der Waals surface area contributed by atoms with Crippen LogP contribution in [0, 0.1) is 39.2 Å². The molecule has 154 valence electrons. The summed E-state index contributed by atoms with van der Waals surface area (Å²) in [5.41, 5.74) is -2.16. The first-order valence-corrected chi connectivity index (χ1v) is 7.80. The number of hydrogen-bond donors (Lipinski definition) is 1. The SMILES string of the molecule is O=C(CNC(=O)c1ccc(Cl)c([N+](=O)[O-])c1)OCc1c(F)c(F)c(F)c(F)c1F. The number of nitro groups is 1. The maximum absolute atomic E-state index is 13.5. The summed E-state index contributed by atoms with van der Waals surface area (Å²) < 4.78 is 70.4. The van der Waals surface area contributed by atoms with Crippen LogP contribution in [0.15, 0.2) is 18.2 Å². The van der Waals surface area contributed by atoms with Gasteiger partial charge in [0.05, 0.1) is 10.5 Å². The molecule has 0 radical (unpaired) electrons. The van der Waals surface area contributed by atoms with Crippen LogP contribution in [0.4, 0.5) is 27.6 Å². The van der Waals surface area contributed by atoms with E-state index in [0.717, 1.165) is 18.2 Å². The zero-order valence-electron chi connectivity index (χ0n) is 13.9. The Kier molecular flexibility index (Phi) is 6.69. The first-order chi connectivity index (χ1) is 13.5. The minimum atomic E-state index is -2.36. The third-order valence-corrected chi connectivity index (χ3v) is 3.80. The largest absolute Gasteiger partial charge is 0.459 e. The number of amides is 1. The molecular weight excluding hydrogens is 431 g/mol. The van der Waals surface area contributed by atoms with Crippen LogP contribution < -0.4 is 5.32 Å². The number of nitrogens with zero attached hydrogens (tertiary/aromatic N) is 1. The van der Waals surface area contributed by atoms with Gasteiger partial charge in [-0.05, 0) is 12.1 Å². The first kappa shape index (κ1) is 22.0. The highest BCUT2D eigenvalue weighted by Gasteiger charge is 2.26. The molecule has 13 heteroatoms. The summed E-state index contributed by atoms with van der Waals surface area (Å²) in [6.45, 7) is -2.14. The number of esters is 1. The average molecular weight is 439 g/mol. The van der Waals surface area contributed by atoms with E-state index in [1.165, 1.54) is 0 Å². The fourth-order valence-corrected chi connectivity index (χ4v) is 2.22. The van der Waals surface area contributed by atoms with Gasteiger partial charge in [-0.1, -0.05) is 11.6 Å². The van der Waals surface area contributed by atoms with Crippen molar-refractivity contribution in [3.63, 3.8) is 0 Å². The lowest BCUT2D eigenvalue weighted by molar-refractivity contribution is -0.384. The van der Waals surface area contributed by atoms with Gasteiger partial charge in [-0.2, -0.15) is 0 Å². The van der Waals surface area contributed by atoms with Gasteiger partial charge in [0.2, 0.25) is 5.82 Å². The second-order valence-electron chi connectivity index (χ2n) is 5.32. The zero-order valence-corrected chi connectivity index (χ0v) is 14.7. The fraction of sp³-hybridized carbons (Fsp3) is 0.125. The van der Waals surface area contributed by atoms with E-state index >= 15 is 0 Å². The van der Waals surface area contributed by atoms with Crippen molar-refractivity contribution in [1.82, 2.24) is 5.32 Å². The first-order valence-electron chi connectivity index (χ1n) is 7.42. The van der Waals surface area contributed by atoms with Crippen molar-refractivity contribution in [3.8, 4) is 0 Å². The molecule has 0 aliphatic carbocycles. The third-order valence-electron chi connectivity index (χ3n) is 3.48. The zero-order chi connectivity index (χ0) is 21.9. The van der Waals surface area contributed by atoms with Crippen LogP contribution in [0.5, 0.6) is 0 Å². The van der Waals surface area contributed by atoms with E-state index in [1.54, 1.807) is 0 Å². The van der Waals surface area contributed by atoms with Crippen LogP contribution in [0.1, 0.15) is 15.9 Å². The Morgan fingerprint density at radius 1 is 1.03 bits per heavy atom. The van der Waals surface area contributed by atoms with Crippen LogP contribution in [-0.2, 0) is 16.1 Å². The number of carbonyl (C=O) groups is 2. The van der Waals surface area contributed by atoms with Crippen molar-refractivity contribution in [2.24, 2.45) is 0 Å². The van der Waals surface area contributed by atoms with Crippen molar-refractivity contribution in [3.05, 3.63) is 73.5 Å². The maximum Gasteiger partial charge on any atom is 0.325 e. The van der Waals surface area contributed by atoms with Crippen molar-refractivity contribution in [2.45, 2.75) is 6.61 Å². The van der Waals surface area contributed by atoms with E-state index < -0.39 is 70.3 Å². The van der Waals surface area contributed by atoms with E-state index in [9.17, 15) is 41.7 Å². The second kappa shape index (κ2) is 8.82. The number of ether oxygens (including phenoxy) is 1. The van der Waals surface area contributed by atoms with Gasteiger partial charge in [0, 0.05) is 11.6 Å². The number of nitro benzene ring substituents is 1. The van der Waals surface area contributed by atoms with Gasteiger partial charge in [-0.15, -0.1) is 0 Å². The lowest BCUT2D eigenvalue weighted by atomic mass is 10.2. The molecule has 7 nitrogen and oxygen atoms in total. The molecule has 0 aliphatic rings. The molecule has 1 N–H and O–H groups in total. The quantitative estimate of drug-likeness (QED) is 0.186. The van der Waals surface area contributed by atoms with Crippen molar-refractivity contribution in [1.29, 1.82) is 0 Å². The van der Waals surface area contributed by atoms with Gasteiger partial charge in [0.1, 0.15) is 18.2 Å². The average Bonchev–Trinajstić information content (AvgIpc) is 2.69. The van der Waals surface area contributed by atoms with Gasteiger partial charge in [-0.3, -0.25) is 19.7 Å². The highest BCUT2D eigenvalue weighted by atomic mass is 35.5. The van der Waals surface area contributed by atoms with Crippen molar-refractivity contribution in [2.75, 3.05) is 6.54 Å². The molecule has 0 heterocycles. The highest BCUT2D eigenvalue weighted by molar-refractivity contribution is 6.32. The predicted octanol–water partition coefficient (Wildman–Crippen LogP) is 3.42. The molecule has 29 heavy (non-hydrogen) atoms. The molecule has 0 bridgehead atoms. The number of nitrogens with one attached hydrogen (secondary N) is 1. The number of benzene rings is 2. The minimum absolute atomic E-state index is 0.228. The molecule has 1 amide bonds. The Hall–Kier alpha value is -3.28. The van der Waals surface area contributed by atoms with E-state index in [1.807, 2.05) is 5.32 Å². The number of carbonyl (C=O) groups excluding carboxylic acids is 2. The van der Waals surface area contributed by atoms with Gasteiger partial charge < -0.3 is 10.1 Å². The Morgan fingerprint density at radius 3 is 2.14 bits per heavy atom. The lowest BCUT2D eigenvalue weighted by Crippen LogP contribution is -2.30. The van der Waals surface area contributed by atoms with E-state index in [0.29, 0.717) is 0 Å². The number of halogens is 6.